The highest BCUT2D eigenvalue weighted by Crippen LogP contribution is 2.28. The Bertz CT molecular complexity index is 1610. The molecule has 0 bridgehead atoms. The predicted molar refractivity (Wildman–Crippen MR) is 151 cm³/mol. The molecule has 4 aromatic carbocycles. The van der Waals surface area contributed by atoms with Crippen molar-refractivity contribution in [3.8, 4) is 0 Å². The van der Waals surface area contributed by atoms with Crippen molar-refractivity contribution in [2.75, 3.05) is 10.0 Å². The number of amides is 1. The van der Waals surface area contributed by atoms with Gasteiger partial charge in [-0.15, -0.1) is 0 Å². The summed E-state index contributed by atoms with van der Waals surface area (Å²) in [6.07, 6.45) is 0. The van der Waals surface area contributed by atoms with Crippen molar-refractivity contribution in [1.29, 1.82) is 0 Å². The molecule has 2 N–H and O–H groups in total. The van der Waals surface area contributed by atoms with Crippen molar-refractivity contribution in [2.45, 2.75) is 4.90 Å². The van der Waals surface area contributed by atoms with Crippen LogP contribution in [-0.4, -0.2) is 20.1 Å². The molecule has 0 unspecified atom stereocenters. The van der Waals surface area contributed by atoms with Gasteiger partial charge in [-0.25, -0.2) is 8.42 Å². The minimum absolute atomic E-state index is 0.0192. The number of rotatable bonds is 7. The second-order valence-electron chi connectivity index (χ2n) is 7.73. The lowest BCUT2D eigenvalue weighted by molar-refractivity contribution is 0.102. The Hall–Kier alpha value is -2.88. The molecule has 0 spiro atoms. The molecule has 1 amide bonds. The van der Waals surface area contributed by atoms with Crippen LogP contribution in [0, 0.1) is 0 Å². The molecule has 11 heteroatoms. The standard InChI is InChI=1S/C26H16BrCl3N2O4S/c27-16-3-12-24(32-37(35,36)20-9-6-18(29)7-10-20)22(13-16)26(34)31-19-8-11-23(30)21(14-19)25(33)15-1-4-17(28)5-2-15/h1-14,32H,(H,31,34). The molecule has 0 atom stereocenters. The summed E-state index contributed by atoms with van der Waals surface area (Å²) in [4.78, 5) is 26.2. The first-order chi connectivity index (χ1) is 17.5. The number of nitrogens with one attached hydrogen (secondary N) is 2. The Balaban J connectivity index is 1.62. The molecule has 0 aliphatic heterocycles. The van der Waals surface area contributed by atoms with Gasteiger partial charge in [0, 0.05) is 31.3 Å². The molecule has 37 heavy (non-hydrogen) atoms. The lowest BCUT2D eigenvalue weighted by atomic mass is 10.0. The first kappa shape index (κ1) is 27.2. The number of sulfonamides is 1. The maximum Gasteiger partial charge on any atom is 0.261 e. The van der Waals surface area contributed by atoms with Crippen molar-refractivity contribution >= 4 is 83.8 Å². The summed E-state index contributed by atoms with van der Waals surface area (Å²) in [5, 5.41) is 3.78. The van der Waals surface area contributed by atoms with Gasteiger partial charge in [-0.1, -0.05) is 50.7 Å². The minimum atomic E-state index is -4.00. The molecule has 0 saturated carbocycles. The molecule has 4 aromatic rings. The van der Waals surface area contributed by atoms with Crippen LogP contribution >= 0.6 is 50.7 Å². The molecule has 0 aromatic heterocycles. The van der Waals surface area contributed by atoms with E-state index in [2.05, 4.69) is 26.0 Å². The van der Waals surface area contributed by atoms with E-state index < -0.39 is 15.9 Å². The lowest BCUT2D eigenvalue weighted by Crippen LogP contribution is -2.19. The van der Waals surface area contributed by atoms with Crippen LogP contribution in [0.5, 0.6) is 0 Å². The van der Waals surface area contributed by atoms with Crippen LogP contribution in [-0.2, 0) is 10.0 Å². The van der Waals surface area contributed by atoms with Crippen LogP contribution in [0.2, 0.25) is 15.1 Å². The summed E-state index contributed by atoms with van der Waals surface area (Å²) in [5.41, 5.74) is 0.952. The number of anilines is 2. The van der Waals surface area contributed by atoms with Gasteiger partial charge in [0.1, 0.15) is 0 Å². The summed E-state index contributed by atoms with van der Waals surface area (Å²) in [6.45, 7) is 0. The van der Waals surface area contributed by atoms with Crippen molar-refractivity contribution in [3.63, 3.8) is 0 Å². The van der Waals surface area contributed by atoms with Gasteiger partial charge in [-0.3, -0.25) is 14.3 Å². The predicted octanol–water partition coefficient (Wildman–Crippen LogP) is 7.69. The molecule has 6 nitrogen and oxygen atoms in total. The highest BCUT2D eigenvalue weighted by atomic mass is 79.9. The molecule has 188 valence electrons. The molecule has 4 rings (SSSR count). The van der Waals surface area contributed by atoms with Gasteiger partial charge in [0.05, 0.1) is 21.2 Å². The van der Waals surface area contributed by atoms with E-state index in [-0.39, 0.29) is 38.2 Å². The topological polar surface area (TPSA) is 92.3 Å². The van der Waals surface area contributed by atoms with Crippen LogP contribution in [0.1, 0.15) is 26.3 Å². The molecule has 0 saturated heterocycles. The second kappa shape index (κ2) is 11.2. The molecular formula is C26H16BrCl3N2O4S. The Morgan fingerprint density at radius 1 is 0.730 bits per heavy atom. The fraction of sp³-hybridized carbons (Fsp3) is 0. The van der Waals surface area contributed by atoms with E-state index in [9.17, 15) is 18.0 Å². The number of carbonyl (C=O) groups is 2. The van der Waals surface area contributed by atoms with E-state index in [4.69, 9.17) is 34.8 Å². The number of ketones is 1. The molecule has 0 fully saturated rings. The van der Waals surface area contributed by atoms with Gasteiger partial charge in [0.2, 0.25) is 0 Å². The molecule has 0 aliphatic rings. The van der Waals surface area contributed by atoms with Crippen LogP contribution in [0.4, 0.5) is 11.4 Å². The van der Waals surface area contributed by atoms with E-state index in [1.807, 2.05) is 0 Å². The molecule has 0 heterocycles. The SMILES string of the molecule is O=C(c1ccc(Cl)cc1)c1cc(NC(=O)c2cc(Br)ccc2NS(=O)(=O)c2ccc(Cl)cc2)ccc1Cl. The highest BCUT2D eigenvalue weighted by Gasteiger charge is 2.20. The Labute approximate surface area is 236 Å². The average Bonchev–Trinajstić information content (AvgIpc) is 2.86. The number of halogens is 4. The van der Waals surface area contributed by atoms with E-state index >= 15 is 0 Å². The Kier molecular flexibility index (Phi) is 8.26. The first-order valence-corrected chi connectivity index (χ1v) is 13.9. The molecule has 0 radical (unpaired) electrons. The fourth-order valence-electron chi connectivity index (χ4n) is 3.34. The van der Waals surface area contributed by atoms with Crippen LogP contribution in [0.25, 0.3) is 0 Å². The zero-order chi connectivity index (χ0) is 26.7. The molecule has 0 aliphatic carbocycles. The smallest absolute Gasteiger partial charge is 0.261 e. The zero-order valence-electron chi connectivity index (χ0n) is 18.6. The minimum Gasteiger partial charge on any atom is -0.322 e. The first-order valence-electron chi connectivity index (χ1n) is 10.5. The maximum absolute atomic E-state index is 13.2. The van der Waals surface area contributed by atoms with E-state index in [0.717, 1.165) is 0 Å². The van der Waals surface area contributed by atoms with Crippen molar-refractivity contribution < 1.29 is 18.0 Å². The zero-order valence-corrected chi connectivity index (χ0v) is 23.3. The number of hydrogen-bond acceptors (Lipinski definition) is 4. The summed E-state index contributed by atoms with van der Waals surface area (Å²) < 4.78 is 28.8. The quantitative estimate of drug-likeness (QED) is 0.203. The summed E-state index contributed by atoms with van der Waals surface area (Å²) in [5.74, 6) is -0.959. The maximum atomic E-state index is 13.2. The highest BCUT2D eigenvalue weighted by molar-refractivity contribution is 9.10. The third-order valence-corrected chi connectivity index (χ3v) is 7.88. The second-order valence-corrected chi connectivity index (χ2v) is 11.6. The monoisotopic (exact) mass is 636 g/mol. The normalized spacial score (nSPS) is 11.1. The van der Waals surface area contributed by atoms with Gasteiger partial charge >= 0.3 is 0 Å². The van der Waals surface area contributed by atoms with Gasteiger partial charge in [0.25, 0.3) is 15.9 Å². The van der Waals surface area contributed by atoms with Gasteiger partial charge in [0.15, 0.2) is 5.78 Å². The lowest BCUT2D eigenvalue weighted by Gasteiger charge is -2.14. The van der Waals surface area contributed by atoms with Crippen molar-refractivity contribution in [1.82, 2.24) is 0 Å². The van der Waals surface area contributed by atoms with Crippen LogP contribution in [0.15, 0.2) is 94.3 Å². The van der Waals surface area contributed by atoms with Crippen LogP contribution in [0.3, 0.4) is 0 Å². The third kappa shape index (κ3) is 6.52. The Morgan fingerprint density at radius 2 is 1.35 bits per heavy atom. The van der Waals surface area contributed by atoms with Gasteiger partial charge < -0.3 is 5.32 Å². The summed E-state index contributed by atoms with van der Waals surface area (Å²) in [7, 11) is -4.00. The third-order valence-electron chi connectivity index (χ3n) is 5.17. The van der Waals surface area contributed by atoms with E-state index in [0.29, 0.717) is 20.1 Å². The largest absolute Gasteiger partial charge is 0.322 e. The Morgan fingerprint density at radius 3 is 2.00 bits per heavy atom. The molecular weight excluding hydrogens is 623 g/mol. The van der Waals surface area contributed by atoms with Crippen molar-refractivity contribution in [2.24, 2.45) is 0 Å². The van der Waals surface area contributed by atoms with Crippen molar-refractivity contribution in [3.05, 3.63) is 121 Å². The van der Waals surface area contributed by atoms with Gasteiger partial charge in [-0.05, 0) is 84.9 Å². The summed E-state index contributed by atoms with van der Waals surface area (Å²) >= 11 is 21.3. The number of carbonyl (C=O) groups excluding carboxylic acids is 2. The van der Waals surface area contributed by atoms with E-state index in [1.54, 1.807) is 30.3 Å². The van der Waals surface area contributed by atoms with Gasteiger partial charge in [-0.2, -0.15) is 0 Å². The summed E-state index contributed by atoms with van der Waals surface area (Å²) in [6, 6.07) is 21.0. The number of benzene rings is 4. The fourth-order valence-corrected chi connectivity index (χ4v) is 5.24. The van der Waals surface area contributed by atoms with Crippen LogP contribution < -0.4 is 10.0 Å². The average molecular weight is 639 g/mol. The van der Waals surface area contributed by atoms with E-state index in [1.165, 1.54) is 54.6 Å². The number of hydrogen-bond donors (Lipinski definition) is 2.